The number of primary amides is 1. The summed E-state index contributed by atoms with van der Waals surface area (Å²) in [6, 6.07) is 12.2. The second kappa shape index (κ2) is 8.50. The molecule has 1 atom stereocenters. The Balaban J connectivity index is 1.69. The normalized spacial score (nSPS) is 12.6. The van der Waals surface area contributed by atoms with Gasteiger partial charge in [-0.1, -0.05) is 23.4 Å². The van der Waals surface area contributed by atoms with Crippen molar-refractivity contribution in [3.63, 3.8) is 0 Å². The maximum atomic E-state index is 13.2. The highest BCUT2D eigenvalue weighted by Crippen LogP contribution is 2.35. The fraction of sp³-hybridized carbons (Fsp3) is 0.143. The zero-order valence-electron chi connectivity index (χ0n) is 16.1. The van der Waals surface area contributed by atoms with Crippen LogP contribution in [0.4, 0.5) is 17.6 Å². The van der Waals surface area contributed by atoms with Crippen LogP contribution < -0.4 is 5.73 Å². The molecule has 0 radical (unpaired) electrons. The van der Waals surface area contributed by atoms with Gasteiger partial charge in [0.1, 0.15) is 10.8 Å². The summed E-state index contributed by atoms with van der Waals surface area (Å²) in [7, 11) is 0. The van der Waals surface area contributed by atoms with Crippen LogP contribution in [0.15, 0.2) is 58.4 Å². The molecule has 11 heteroatoms. The predicted molar refractivity (Wildman–Crippen MR) is 108 cm³/mol. The van der Waals surface area contributed by atoms with E-state index in [9.17, 15) is 22.4 Å². The number of amides is 1. The minimum atomic E-state index is -4.75. The van der Waals surface area contributed by atoms with E-state index >= 15 is 0 Å². The predicted octanol–water partition coefficient (Wildman–Crippen LogP) is 5.03. The molecular weight excluding hydrogens is 448 g/mol. The van der Waals surface area contributed by atoms with Crippen LogP contribution in [0.1, 0.15) is 28.8 Å². The molecule has 164 valence electrons. The molecule has 4 rings (SSSR count). The first-order chi connectivity index (χ1) is 15.2. The van der Waals surface area contributed by atoms with E-state index in [1.54, 1.807) is 35.7 Å². The monoisotopic (exact) mass is 462 g/mol. The van der Waals surface area contributed by atoms with Crippen LogP contribution in [0.5, 0.6) is 0 Å². The van der Waals surface area contributed by atoms with Gasteiger partial charge in [0, 0.05) is 28.8 Å². The molecule has 0 aliphatic rings. The number of carbonyl (C=O) groups is 1. The van der Waals surface area contributed by atoms with E-state index in [0.717, 1.165) is 0 Å². The average molecular weight is 462 g/mol. The Bertz CT molecular complexity index is 1250. The Labute approximate surface area is 182 Å². The topological polar surface area (TPSA) is 94.9 Å². The molecule has 1 amide bonds. The van der Waals surface area contributed by atoms with E-state index in [-0.39, 0.29) is 23.6 Å². The van der Waals surface area contributed by atoms with Gasteiger partial charge in [-0.2, -0.15) is 18.2 Å². The molecule has 0 saturated heterocycles. The fourth-order valence-electron chi connectivity index (χ4n) is 3.10. The summed E-state index contributed by atoms with van der Waals surface area (Å²) < 4.78 is 55.8. The summed E-state index contributed by atoms with van der Waals surface area (Å²) in [5.74, 6) is -3.17. The number of carbonyl (C=O) groups excluding carboxylic acids is 1. The van der Waals surface area contributed by atoms with Gasteiger partial charge in [-0.15, -0.1) is 11.3 Å². The number of benzene rings is 2. The number of halogens is 4. The van der Waals surface area contributed by atoms with Gasteiger partial charge >= 0.3 is 12.1 Å². The molecule has 0 fully saturated rings. The molecule has 32 heavy (non-hydrogen) atoms. The number of alkyl halides is 3. The molecular formula is C21H14F4N4O2S. The first-order valence-corrected chi connectivity index (χ1v) is 10.1. The SMILES string of the molecule is NC(=O)CC(c1cccc(-c2noc(C(F)(F)F)n2)c1)c1nc(-c2ccc(F)cc2)cs1. The van der Waals surface area contributed by atoms with Gasteiger partial charge in [0.15, 0.2) is 0 Å². The minimum absolute atomic E-state index is 0.0696. The Morgan fingerprint density at radius 3 is 2.50 bits per heavy atom. The minimum Gasteiger partial charge on any atom is -0.370 e. The molecule has 2 aromatic carbocycles. The van der Waals surface area contributed by atoms with Crippen LogP contribution >= 0.6 is 11.3 Å². The number of nitrogens with zero attached hydrogens (tertiary/aromatic N) is 3. The van der Waals surface area contributed by atoms with Crippen LogP contribution in [-0.2, 0) is 11.0 Å². The highest BCUT2D eigenvalue weighted by atomic mass is 32.1. The number of aromatic nitrogens is 3. The maximum absolute atomic E-state index is 13.2. The van der Waals surface area contributed by atoms with Gasteiger partial charge in [-0.25, -0.2) is 9.37 Å². The lowest BCUT2D eigenvalue weighted by molar-refractivity contribution is -0.159. The maximum Gasteiger partial charge on any atom is 0.471 e. The highest BCUT2D eigenvalue weighted by molar-refractivity contribution is 7.10. The molecule has 2 N–H and O–H groups in total. The van der Waals surface area contributed by atoms with E-state index in [4.69, 9.17) is 5.73 Å². The van der Waals surface area contributed by atoms with Gasteiger partial charge in [-0.3, -0.25) is 4.79 Å². The van der Waals surface area contributed by atoms with E-state index in [1.807, 2.05) is 0 Å². The first kappa shape index (κ1) is 21.6. The van der Waals surface area contributed by atoms with Gasteiger partial charge in [-0.05, 0) is 35.9 Å². The van der Waals surface area contributed by atoms with E-state index in [1.165, 1.54) is 29.5 Å². The molecule has 6 nitrogen and oxygen atoms in total. The fourth-order valence-corrected chi connectivity index (χ4v) is 4.06. The zero-order valence-corrected chi connectivity index (χ0v) is 17.0. The standard InChI is InChI=1S/C21H14F4N4O2S/c22-14-6-4-11(5-7-14)16-10-32-19(27-16)15(9-17(26)30)12-2-1-3-13(8-12)18-28-20(31-29-18)21(23,24)25/h1-8,10,15H,9H2,(H2,26,30). The molecule has 2 heterocycles. The molecule has 0 spiro atoms. The van der Waals surface area contributed by atoms with Crippen molar-refractivity contribution in [2.75, 3.05) is 0 Å². The molecule has 0 saturated carbocycles. The van der Waals surface area contributed by atoms with Crippen LogP contribution in [-0.4, -0.2) is 21.0 Å². The van der Waals surface area contributed by atoms with Gasteiger partial charge in [0.2, 0.25) is 11.7 Å². The third-order valence-corrected chi connectivity index (χ3v) is 5.54. The lowest BCUT2D eigenvalue weighted by atomic mass is 9.94. The number of hydrogen-bond donors (Lipinski definition) is 1. The quantitative estimate of drug-likeness (QED) is 0.406. The largest absolute Gasteiger partial charge is 0.471 e. The average Bonchev–Trinajstić information content (AvgIpc) is 3.43. The summed E-state index contributed by atoms with van der Waals surface area (Å²) in [5, 5.41) is 5.74. The van der Waals surface area contributed by atoms with Gasteiger partial charge in [0.05, 0.1) is 5.69 Å². The summed E-state index contributed by atoms with van der Waals surface area (Å²) in [5.41, 5.74) is 7.62. The Hall–Kier alpha value is -3.60. The number of thiazole rings is 1. The van der Waals surface area contributed by atoms with Crippen molar-refractivity contribution in [1.82, 2.24) is 15.1 Å². The lowest BCUT2D eigenvalue weighted by Gasteiger charge is -2.14. The summed E-state index contributed by atoms with van der Waals surface area (Å²) in [6.45, 7) is 0. The third kappa shape index (κ3) is 4.67. The van der Waals surface area contributed by atoms with E-state index in [2.05, 4.69) is 19.6 Å². The van der Waals surface area contributed by atoms with Crippen LogP contribution in [0, 0.1) is 5.82 Å². The molecule has 0 aliphatic heterocycles. The molecule has 0 bridgehead atoms. The number of hydrogen-bond acceptors (Lipinski definition) is 6. The van der Waals surface area contributed by atoms with Gasteiger partial charge in [0.25, 0.3) is 0 Å². The summed E-state index contributed by atoms with van der Waals surface area (Å²) in [4.78, 5) is 19.7. The van der Waals surface area contributed by atoms with Crippen molar-refractivity contribution in [2.45, 2.75) is 18.5 Å². The summed E-state index contributed by atoms with van der Waals surface area (Å²) in [6.07, 6.45) is -4.82. The molecule has 4 aromatic rings. The van der Waals surface area contributed by atoms with Crippen molar-refractivity contribution >= 4 is 17.2 Å². The Morgan fingerprint density at radius 1 is 1.09 bits per heavy atom. The van der Waals surface area contributed by atoms with Crippen molar-refractivity contribution in [1.29, 1.82) is 0 Å². The van der Waals surface area contributed by atoms with Crippen molar-refractivity contribution < 1.29 is 26.9 Å². The van der Waals surface area contributed by atoms with Gasteiger partial charge < -0.3 is 10.3 Å². The first-order valence-electron chi connectivity index (χ1n) is 9.21. The zero-order chi connectivity index (χ0) is 22.9. The smallest absolute Gasteiger partial charge is 0.370 e. The molecule has 0 aliphatic carbocycles. The Kier molecular flexibility index (Phi) is 5.74. The summed E-state index contributed by atoms with van der Waals surface area (Å²) >= 11 is 1.29. The van der Waals surface area contributed by atoms with Crippen LogP contribution in [0.2, 0.25) is 0 Å². The lowest BCUT2D eigenvalue weighted by Crippen LogP contribution is -2.16. The number of nitrogens with two attached hydrogens (primary N) is 1. The van der Waals surface area contributed by atoms with E-state index < -0.39 is 23.9 Å². The van der Waals surface area contributed by atoms with Crippen molar-refractivity contribution in [2.24, 2.45) is 5.73 Å². The van der Waals surface area contributed by atoms with Crippen molar-refractivity contribution in [3.8, 4) is 22.6 Å². The van der Waals surface area contributed by atoms with Crippen LogP contribution in [0.3, 0.4) is 0 Å². The molecule has 1 unspecified atom stereocenters. The second-order valence-electron chi connectivity index (χ2n) is 6.85. The number of rotatable bonds is 6. The second-order valence-corrected chi connectivity index (χ2v) is 7.74. The highest BCUT2D eigenvalue weighted by Gasteiger charge is 2.38. The third-order valence-electron chi connectivity index (χ3n) is 4.58. The molecule has 2 aromatic heterocycles. The Morgan fingerprint density at radius 2 is 1.84 bits per heavy atom. The van der Waals surface area contributed by atoms with Crippen molar-refractivity contribution in [3.05, 3.63) is 76.2 Å². The van der Waals surface area contributed by atoms with E-state index in [0.29, 0.717) is 21.8 Å². The van der Waals surface area contributed by atoms with Crippen LogP contribution in [0.25, 0.3) is 22.6 Å².